The maximum Gasteiger partial charge on any atom is 0.422 e. The highest BCUT2D eigenvalue weighted by molar-refractivity contribution is 5.25. The monoisotopic (exact) mass is 469 g/mol. The van der Waals surface area contributed by atoms with Crippen molar-refractivity contribution in [3.05, 3.63) is 82.9 Å². The Morgan fingerprint density at radius 2 is 1.33 bits per heavy atom. The highest BCUT2D eigenvalue weighted by atomic mass is 19.4. The zero-order chi connectivity index (χ0) is 23.9. The molecule has 0 fully saturated rings. The lowest BCUT2D eigenvalue weighted by Gasteiger charge is -2.11. The van der Waals surface area contributed by atoms with Crippen molar-refractivity contribution in [2.45, 2.75) is 44.5 Å². The molecular weight excluding hydrogens is 448 g/mol. The van der Waals surface area contributed by atoms with Crippen LogP contribution in [-0.2, 0) is 31.9 Å². The van der Waals surface area contributed by atoms with Gasteiger partial charge in [-0.3, -0.25) is 0 Å². The Bertz CT molecular complexity index is 1040. The maximum atomic E-state index is 12.9. The Balaban J connectivity index is 1.68. The van der Waals surface area contributed by atoms with Gasteiger partial charge in [0.2, 0.25) is 0 Å². The van der Waals surface area contributed by atoms with Crippen LogP contribution >= 0.6 is 0 Å². The van der Waals surface area contributed by atoms with Crippen molar-refractivity contribution in [1.82, 2.24) is 15.0 Å². The summed E-state index contributed by atoms with van der Waals surface area (Å²) in [6, 6.07) is 14.0. The van der Waals surface area contributed by atoms with Crippen molar-refractivity contribution in [1.29, 1.82) is 0 Å². The van der Waals surface area contributed by atoms with Gasteiger partial charge in [-0.15, -0.1) is 0 Å². The van der Waals surface area contributed by atoms with Crippen molar-refractivity contribution in [2.75, 3.05) is 6.61 Å². The molecule has 0 N–H and O–H groups in total. The summed E-state index contributed by atoms with van der Waals surface area (Å²) in [4.78, 5) is 12.3. The average molecular weight is 469 g/mol. The minimum atomic E-state index is -4.54. The van der Waals surface area contributed by atoms with Gasteiger partial charge in [0.05, 0.1) is 5.56 Å². The number of hydrogen-bond acceptors (Lipinski definition) is 4. The molecule has 4 nitrogen and oxygen atoms in total. The van der Waals surface area contributed by atoms with Gasteiger partial charge < -0.3 is 4.74 Å². The molecule has 0 saturated heterocycles. The van der Waals surface area contributed by atoms with Crippen LogP contribution in [0.15, 0.2) is 54.6 Å². The molecule has 0 spiro atoms. The number of aryl methyl sites for hydroxylation is 4. The van der Waals surface area contributed by atoms with Crippen LogP contribution in [0.5, 0.6) is 6.01 Å². The molecule has 0 atom stereocenters. The molecule has 0 aliphatic rings. The molecule has 0 aliphatic carbocycles. The fourth-order valence-corrected chi connectivity index (χ4v) is 3.13. The van der Waals surface area contributed by atoms with Crippen molar-refractivity contribution >= 4 is 0 Å². The Hall–Kier alpha value is -3.17. The predicted molar refractivity (Wildman–Crippen MR) is 109 cm³/mol. The molecule has 176 valence electrons. The second-order valence-electron chi connectivity index (χ2n) is 7.39. The quantitative estimate of drug-likeness (QED) is 0.372. The molecule has 0 saturated carbocycles. The summed E-state index contributed by atoms with van der Waals surface area (Å²) in [5.74, 6) is 0.525. The summed E-state index contributed by atoms with van der Waals surface area (Å²) in [5, 5.41) is 0. The Morgan fingerprint density at radius 3 is 2.00 bits per heavy atom. The molecule has 0 aliphatic heterocycles. The van der Waals surface area contributed by atoms with Gasteiger partial charge in [0.15, 0.2) is 6.61 Å². The Kier molecular flexibility index (Phi) is 7.88. The normalized spacial score (nSPS) is 12.1. The fraction of sp³-hybridized carbons (Fsp3) is 0.348. The van der Waals surface area contributed by atoms with Crippen LogP contribution in [0.3, 0.4) is 0 Å². The summed E-state index contributed by atoms with van der Waals surface area (Å²) in [6.45, 7) is -1.53. The largest absolute Gasteiger partial charge is 0.454 e. The number of ether oxygens (including phenoxy) is 1. The van der Waals surface area contributed by atoms with Crippen LogP contribution < -0.4 is 4.74 Å². The smallest absolute Gasteiger partial charge is 0.422 e. The summed E-state index contributed by atoms with van der Waals surface area (Å²) >= 11 is 0. The van der Waals surface area contributed by atoms with Gasteiger partial charge in [0, 0.05) is 12.8 Å². The number of rotatable bonds is 9. The van der Waals surface area contributed by atoms with E-state index in [0.717, 1.165) is 17.7 Å². The fourth-order valence-electron chi connectivity index (χ4n) is 3.13. The van der Waals surface area contributed by atoms with Gasteiger partial charge in [-0.05, 0) is 36.5 Å². The Morgan fingerprint density at radius 1 is 0.667 bits per heavy atom. The van der Waals surface area contributed by atoms with Crippen molar-refractivity contribution in [3.8, 4) is 6.01 Å². The highest BCUT2D eigenvalue weighted by Gasteiger charge is 2.30. The summed E-state index contributed by atoms with van der Waals surface area (Å²) < 4.78 is 81.0. The molecule has 10 heteroatoms. The molecule has 0 unspecified atom stereocenters. The van der Waals surface area contributed by atoms with E-state index >= 15 is 0 Å². The van der Waals surface area contributed by atoms with Crippen molar-refractivity contribution in [2.24, 2.45) is 0 Å². The first-order valence-corrected chi connectivity index (χ1v) is 10.2. The van der Waals surface area contributed by atoms with E-state index in [9.17, 15) is 26.3 Å². The molecular formula is C23H21F6N3O. The molecule has 0 bridgehead atoms. The van der Waals surface area contributed by atoms with Crippen LogP contribution in [0.25, 0.3) is 0 Å². The minimum Gasteiger partial charge on any atom is -0.454 e. The SMILES string of the molecule is FC(F)(F)COc1nc(CCCc2cccc(C(F)(F)F)c2)nc(CCc2ccccc2)n1. The van der Waals surface area contributed by atoms with Crippen LogP contribution in [0.2, 0.25) is 0 Å². The Labute approximate surface area is 186 Å². The lowest BCUT2D eigenvalue weighted by molar-refractivity contribution is -0.154. The molecule has 0 amide bonds. The van der Waals surface area contributed by atoms with E-state index < -0.39 is 30.5 Å². The van der Waals surface area contributed by atoms with Crippen LogP contribution in [0.4, 0.5) is 26.3 Å². The summed E-state index contributed by atoms with van der Waals surface area (Å²) in [5.41, 5.74) is 0.782. The maximum absolute atomic E-state index is 12.9. The third-order valence-electron chi connectivity index (χ3n) is 4.67. The van der Waals surface area contributed by atoms with Crippen LogP contribution in [0, 0.1) is 0 Å². The molecule has 3 aromatic rings. The van der Waals surface area contributed by atoms with Crippen molar-refractivity contribution in [3.63, 3.8) is 0 Å². The van der Waals surface area contributed by atoms with Crippen molar-refractivity contribution < 1.29 is 31.1 Å². The number of nitrogens with zero attached hydrogens (tertiary/aromatic N) is 3. The zero-order valence-corrected chi connectivity index (χ0v) is 17.5. The van der Waals surface area contributed by atoms with Gasteiger partial charge in [-0.25, -0.2) is 4.98 Å². The van der Waals surface area contributed by atoms with E-state index in [1.54, 1.807) is 6.07 Å². The van der Waals surface area contributed by atoms with E-state index in [1.165, 1.54) is 6.07 Å². The van der Waals surface area contributed by atoms with E-state index in [2.05, 4.69) is 15.0 Å². The lowest BCUT2D eigenvalue weighted by atomic mass is 10.0. The predicted octanol–water partition coefficient (Wildman–Crippen LogP) is 5.79. The second-order valence-corrected chi connectivity index (χ2v) is 7.39. The van der Waals surface area contributed by atoms with E-state index in [4.69, 9.17) is 4.74 Å². The first-order chi connectivity index (χ1) is 15.6. The third kappa shape index (κ3) is 8.36. The van der Waals surface area contributed by atoms with Crippen LogP contribution in [0.1, 0.15) is 34.8 Å². The number of aromatic nitrogens is 3. The van der Waals surface area contributed by atoms with E-state index in [-0.39, 0.29) is 12.2 Å². The number of hydrogen-bond donors (Lipinski definition) is 0. The molecule has 33 heavy (non-hydrogen) atoms. The van der Waals surface area contributed by atoms with Gasteiger partial charge >= 0.3 is 18.4 Å². The number of benzene rings is 2. The summed E-state index contributed by atoms with van der Waals surface area (Å²) in [7, 11) is 0. The number of alkyl halides is 6. The van der Waals surface area contributed by atoms with E-state index in [0.29, 0.717) is 37.1 Å². The van der Waals surface area contributed by atoms with E-state index in [1.807, 2.05) is 30.3 Å². The second kappa shape index (κ2) is 10.6. The van der Waals surface area contributed by atoms with Gasteiger partial charge in [0.1, 0.15) is 11.6 Å². The lowest BCUT2D eigenvalue weighted by Crippen LogP contribution is -2.21. The minimum absolute atomic E-state index is 0.234. The number of halogens is 6. The highest BCUT2D eigenvalue weighted by Crippen LogP contribution is 2.29. The first-order valence-electron chi connectivity index (χ1n) is 10.2. The topological polar surface area (TPSA) is 47.9 Å². The molecule has 1 aromatic heterocycles. The standard InChI is InChI=1S/C23H21F6N3O/c24-22(25,26)15-33-21-31-19(30-20(32-21)13-12-16-6-2-1-3-7-16)11-5-9-17-8-4-10-18(14-17)23(27,28)29/h1-4,6-8,10,14H,5,9,11-13,15H2. The summed E-state index contributed by atoms with van der Waals surface area (Å²) in [6.07, 6.45) is -7.04. The first kappa shape index (κ1) is 24.5. The molecule has 2 aromatic carbocycles. The van der Waals surface area contributed by atoms with Crippen LogP contribution in [-0.4, -0.2) is 27.7 Å². The average Bonchev–Trinajstić information content (AvgIpc) is 2.76. The van der Waals surface area contributed by atoms with Gasteiger partial charge in [-0.1, -0.05) is 48.5 Å². The van der Waals surface area contributed by atoms with Gasteiger partial charge in [0.25, 0.3) is 0 Å². The molecule has 3 rings (SSSR count). The van der Waals surface area contributed by atoms with Gasteiger partial charge in [-0.2, -0.15) is 36.3 Å². The molecule has 1 heterocycles. The zero-order valence-electron chi connectivity index (χ0n) is 17.5. The third-order valence-corrected chi connectivity index (χ3v) is 4.67. The molecule has 0 radical (unpaired) electrons.